The fraction of sp³-hybridized carbons (Fsp3) is 0.250. The van der Waals surface area contributed by atoms with Gasteiger partial charge in [0.05, 0.1) is 5.69 Å². The molecule has 2 aliphatic rings. The summed E-state index contributed by atoms with van der Waals surface area (Å²) in [4.78, 5) is 12.2. The summed E-state index contributed by atoms with van der Waals surface area (Å²) in [5, 5.41) is 3.04. The van der Waals surface area contributed by atoms with Crippen LogP contribution in [-0.2, 0) is 0 Å². The SMILES string of the molecule is CC.CC1C=C(c2csc(-c3ncc[nH]3)n2)C2=C(C=C=CC=C2)C1.[HH]. The first-order valence-electron chi connectivity index (χ1n) is 8.31. The number of hydrogen-bond acceptors (Lipinski definition) is 3. The van der Waals surface area contributed by atoms with Gasteiger partial charge >= 0.3 is 0 Å². The van der Waals surface area contributed by atoms with Crippen molar-refractivity contribution < 1.29 is 1.43 Å². The van der Waals surface area contributed by atoms with Gasteiger partial charge < -0.3 is 4.98 Å². The van der Waals surface area contributed by atoms with Crippen molar-refractivity contribution in [2.45, 2.75) is 27.2 Å². The zero-order valence-electron chi connectivity index (χ0n) is 14.2. The molecule has 1 atom stereocenters. The lowest BCUT2D eigenvalue weighted by Crippen LogP contribution is -2.05. The van der Waals surface area contributed by atoms with Gasteiger partial charge in [-0.05, 0) is 35.6 Å². The van der Waals surface area contributed by atoms with Gasteiger partial charge in [-0.15, -0.1) is 17.1 Å². The molecule has 2 aromatic heterocycles. The fourth-order valence-corrected chi connectivity index (χ4v) is 3.63. The number of nitrogens with zero attached hydrogens (tertiary/aromatic N) is 2. The summed E-state index contributed by atoms with van der Waals surface area (Å²) < 4.78 is 0. The second-order valence-corrected chi connectivity index (χ2v) is 6.37. The van der Waals surface area contributed by atoms with Gasteiger partial charge in [0.15, 0.2) is 10.8 Å². The highest BCUT2D eigenvalue weighted by molar-refractivity contribution is 7.13. The lowest BCUT2D eigenvalue weighted by Gasteiger charge is -2.20. The molecule has 0 fully saturated rings. The van der Waals surface area contributed by atoms with Crippen LogP contribution in [0.2, 0.25) is 0 Å². The number of rotatable bonds is 2. The average molecular weight is 337 g/mol. The molecule has 0 radical (unpaired) electrons. The van der Waals surface area contributed by atoms with Gasteiger partial charge in [0.1, 0.15) is 0 Å². The summed E-state index contributed by atoms with van der Waals surface area (Å²) in [6, 6.07) is 0. The van der Waals surface area contributed by atoms with Gasteiger partial charge in [-0.1, -0.05) is 39.0 Å². The van der Waals surface area contributed by atoms with Crippen LogP contribution < -0.4 is 0 Å². The van der Waals surface area contributed by atoms with Crippen LogP contribution in [0, 0.1) is 5.92 Å². The van der Waals surface area contributed by atoms with Crippen molar-refractivity contribution in [2.75, 3.05) is 0 Å². The lowest BCUT2D eigenvalue weighted by atomic mass is 9.84. The fourth-order valence-electron chi connectivity index (χ4n) is 2.86. The highest BCUT2D eigenvalue weighted by Crippen LogP contribution is 2.38. The standard InChI is InChI=1S/C18H15N3S.C2H6.H2/c1-12-9-13-5-3-2-4-6-14(13)15(10-12)16-11-22-18(21-16)17-19-7-8-20-17;1-2;/h2,4-8,10-12H,9H2,1H3,(H,19,20);1-2H3;1H. The molecule has 0 bridgehead atoms. The Kier molecular flexibility index (Phi) is 5.09. The van der Waals surface area contributed by atoms with Gasteiger partial charge in [0, 0.05) is 24.8 Å². The third kappa shape index (κ3) is 3.25. The predicted octanol–water partition coefficient (Wildman–Crippen LogP) is 5.81. The largest absolute Gasteiger partial charge is 0.343 e. The third-order valence-corrected chi connectivity index (χ3v) is 4.67. The van der Waals surface area contributed by atoms with E-state index in [0.29, 0.717) is 5.92 Å². The van der Waals surface area contributed by atoms with E-state index < -0.39 is 0 Å². The van der Waals surface area contributed by atoms with E-state index in [1.807, 2.05) is 32.2 Å². The molecule has 24 heavy (non-hydrogen) atoms. The molecule has 0 aromatic carbocycles. The lowest BCUT2D eigenvalue weighted by molar-refractivity contribution is 0.717. The van der Waals surface area contributed by atoms with Gasteiger partial charge in [0.2, 0.25) is 0 Å². The Morgan fingerprint density at radius 2 is 2.25 bits per heavy atom. The van der Waals surface area contributed by atoms with Crippen LogP contribution in [0.1, 0.15) is 34.3 Å². The number of hydrogen-bond donors (Lipinski definition) is 1. The van der Waals surface area contributed by atoms with E-state index in [4.69, 9.17) is 4.98 Å². The topological polar surface area (TPSA) is 41.6 Å². The van der Waals surface area contributed by atoms with Crippen molar-refractivity contribution >= 4 is 16.9 Å². The van der Waals surface area contributed by atoms with Gasteiger partial charge in [-0.3, -0.25) is 0 Å². The van der Waals surface area contributed by atoms with Gasteiger partial charge in [0.25, 0.3) is 0 Å². The summed E-state index contributed by atoms with van der Waals surface area (Å²) in [7, 11) is 0. The predicted molar refractivity (Wildman–Crippen MR) is 104 cm³/mol. The minimum Gasteiger partial charge on any atom is -0.343 e. The maximum absolute atomic E-state index is 4.78. The highest BCUT2D eigenvalue weighted by atomic mass is 32.1. The maximum Gasteiger partial charge on any atom is 0.166 e. The zero-order valence-corrected chi connectivity index (χ0v) is 15.0. The molecule has 0 spiro atoms. The Hall–Kier alpha value is -2.42. The first-order valence-corrected chi connectivity index (χ1v) is 9.19. The number of thiazole rings is 1. The van der Waals surface area contributed by atoms with Crippen LogP contribution in [0.4, 0.5) is 0 Å². The number of H-pyrrole nitrogens is 1. The number of nitrogens with one attached hydrogen (secondary N) is 1. The Morgan fingerprint density at radius 3 is 3.04 bits per heavy atom. The monoisotopic (exact) mass is 337 g/mol. The van der Waals surface area contributed by atoms with E-state index in [-0.39, 0.29) is 1.43 Å². The Balaban J connectivity index is 0.000000726. The number of aromatic nitrogens is 3. The molecule has 124 valence electrons. The molecule has 3 nitrogen and oxygen atoms in total. The molecule has 1 unspecified atom stereocenters. The second kappa shape index (κ2) is 7.43. The molecule has 2 heterocycles. The van der Waals surface area contributed by atoms with Crippen LogP contribution in [-0.4, -0.2) is 15.0 Å². The molecule has 4 rings (SSSR count). The smallest absolute Gasteiger partial charge is 0.166 e. The molecule has 0 amide bonds. The molecule has 0 saturated heterocycles. The molecule has 0 aliphatic heterocycles. The Bertz CT molecular complexity index is 863. The molecule has 0 saturated carbocycles. The van der Waals surface area contributed by atoms with Crippen molar-refractivity contribution in [1.82, 2.24) is 15.0 Å². The minimum atomic E-state index is 0. The maximum atomic E-state index is 4.78. The van der Waals surface area contributed by atoms with E-state index >= 15 is 0 Å². The van der Waals surface area contributed by atoms with E-state index in [0.717, 1.165) is 22.9 Å². The molecular weight excluding hydrogens is 314 g/mol. The van der Waals surface area contributed by atoms with Crippen LogP contribution in [0.25, 0.3) is 16.4 Å². The van der Waals surface area contributed by atoms with Crippen LogP contribution in [0.15, 0.2) is 65.0 Å². The second-order valence-electron chi connectivity index (χ2n) is 5.51. The first kappa shape index (κ1) is 16.4. The highest BCUT2D eigenvalue weighted by Gasteiger charge is 2.21. The van der Waals surface area contributed by atoms with E-state index in [1.165, 1.54) is 16.7 Å². The number of aromatic amines is 1. The number of allylic oxidation sites excluding steroid dienone is 7. The Morgan fingerprint density at radius 1 is 1.38 bits per heavy atom. The Labute approximate surface area is 148 Å². The molecule has 2 aromatic rings. The van der Waals surface area contributed by atoms with E-state index in [9.17, 15) is 0 Å². The summed E-state index contributed by atoms with van der Waals surface area (Å²) in [6.45, 7) is 6.25. The normalized spacial score (nSPS) is 18.6. The summed E-state index contributed by atoms with van der Waals surface area (Å²) in [6.07, 6.45) is 15.2. The third-order valence-electron chi connectivity index (χ3n) is 3.82. The average Bonchev–Trinajstić information content (AvgIpc) is 3.24. The van der Waals surface area contributed by atoms with Crippen molar-refractivity contribution in [2.24, 2.45) is 5.92 Å². The summed E-state index contributed by atoms with van der Waals surface area (Å²) >= 11 is 1.62. The molecule has 1 N–H and O–H groups in total. The van der Waals surface area contributed by atoms with Crippen molar-refractivity contribution in [3.05, 3.63) is 70.7 Å². The quantitative estimate of drug-likeness (QED) is 0.703. The van der Waals surface area contributed by atoms with Crippen molar-refractivity contribution in [3.8, 4) is 10.8 Å². The molecular formula is C20H23N3S. The van der Waals surface area contributed by atoms with Crippen LogP contribution in [0.5, 0.6) is 0 Å². The van der Waals surface area contributed by atoms with Crippen LogP contribution in [0.3, 0.4) is 0 Å². The number of imidazole rings is 1. The van der Waals surface area contributed by atoms with Gasteiger partial charge in [-0.2, -0.15) is 0 Å². The van der Waals surface area contributed by atoms with Crippen molar-refractivity contribution in [3.63, 3.8) is 0 Å². The molecule has 4 heteroatoms. The summed E-state index contributed by atoms with van der Waals surface area (Å²) in [5.74, 6) is 1.33. The minimum absolute atomic E-state index is 0. The van der Waals surface area contributed by atoms with E-state index in [2.05, 4.69) is 46.2 Å². The first-order chi connectivity index (χ1) is 11.8. The summed E-state index contributed by atoms with van der Waals surface area (Å²) in [5.41, 5.74) is 8.05. The van der Waals surface area contributed by atoms with Crippen molar-refractivity contribution in [1.29, 1.82) is 0 Å². The van der Waals surface area contributed by atoms with Gasteiger partial charge in [-0.25, -0.2) is 9.97 Å². The van der Waals surface area contributed by atoms with Crippen LogP contribution >= 0.6 is 11.3 Å². The van der Waals surface area contributed by atoms with E-state index in [1.54, 1.807) is 17.5 Å². The zero-order chi connectivity index (χ0) is 16.9. The molecule has 2 aliphatic carbocycles.